The number of nitrogens with one attached hydrogen (secondary N) is 1. The minimum atomic E-state index is -0.791. The summed E-state index contributed by atoms with van der Waals surface area (Å²) in [5, 5.41) is 23.3. The van der Waals surface area contributed by atoms with Gasteiger partial charge in [-0.25, -0.2) is 9.97 Å². The maximum absolute atomic E-state index is 12.8. The number of nitrogens with zero attached hydrogens (tertiary/aromatic N) is 6. The number of benzene rings is 2. The highest BCUT2D eigenvalue weighted by Crippen LogP contribution is 2.46. The second kappa shape index (κ2) is 9.83. The summed E-state index contributed by atoms with van der Waals surface area (Å²) in [6.45, 7) is 8.28. The highest BCUT2D eigenvalue weighted by atomic mass is 16.5. The number of carbonyl (C=O) groups is 1. The van der Waals surface area contributed by atoms with E-state index in [1.807, 2.05) is 43.0 Å². The zero-order valence-electron chi connectivity index (χ0n) is 22.2. The van der Waals surface area contributed by atoms with Crippen LogP contribution in [0.3, 0.4) is 0 Å². The first-order valence-corrected chi connectivity index (χ1v) is 12.9. The van der Waals surface area contributed by atoms with Crippen molar-refractivity contribution in [3.05, 3.63) is 52.8 Å². The number of aromatic nitrogens is 2. The summed E-state index contributed by atoms with van der Waals surface area (Å²) in [7, 11) is 1.65. The zero-order valence-corrected chi connectivity index (χ0v) is 22.2. The zero-order chi connectivity index (χ0) is 27.0. The largest absolute Gasteiger partial charge is 0.495 e. The van der Waals surface area contributed by atoms with Crippen molar-refractivity contribution >= 4 is 28.3 Å². The first-order valence-electron chi connectivity index (χ1n) is 12.9. The summed E-state index contributed by atoms with van der Waals surface area (Å²) < 4.78 is 5.76. The van der Waals surface area contributed by atoms with Gasteiger partial charge < -0.3 is 19.9 Å². The van der Waals surface area contributed by atoms with Crippen molar-refractivity contribution < 1.29 is 9.53 Å². The molecule has 0 bridgehead atoms. The smallest absolute Gasteiger partial charge is 0.243 e. The Morgan fingerprint density at radius 3 is 2.50 bits per heavy atom. The van der Waals surface area contributed by atoms with Crippen LogP contribution in [0.4, 0.5) is 11.5 Å². The molecule has 1 aromatic heterocycles. The molecule has 5 rings (SSSR count). The number of rotatable bonds is 6. The van der Waals surface area contributed by atoms with E-state index in [0.717, 1.165) is 27.7 Å². The Balaban J connectivity index is 1.44. The molecule has 1 aliphatic carbocycles. The number of ether oxygens (including phenoxy) is 1. The van der Waals surface area contributed by atoms with Gasteiger partial charge in [0.2, 0.25) is 5.91 Å². The molecule has 9 nitrogen and oxygen atoms in total. The van der Waals surface area contributed by atoms with Gasteiger partial charge in [-0.1, -0.05) is 12.1 Å². The van der Waals surface area contributed by atoms with Gasteiger partial charge >= 0.3 is 0 Å². The van der Waals surface area contributed by atoms with Gasteiger partial charge in [-0.3, -0.25) is 4.79 Å². The number of hydrogen-bond acceptors (Lipinski definition) is 8. The van der Waals surface area contributed by atoms with Crippen molar-refractivity contribution in [1.29, 1.82) is 10.5 Å². The number of piperazine rings is 1. The quantitative estimate of drug-likeness (QED) is 0.524. The topological polar surface area (TPSA) is 118 Å². The average molecular weight is 510 g/mol. The standard InChI is InChI=1S/C29H31N7O2/c1-18-21(16-30)6-5-7-22(18)19(2)32-27-23-14-25(26(38-4)15-24(23)33-20(3)34-27)35-10-12-36(13-11-35)28(37)29(17-31)8-9-29/h5-7,14-15,19H,8-13H2,1-4H3,(H,32,33,34)/t19-/m1/s1. The Kier molecular flexibility index (Phi) is 6.54. The maximum atomic E-state index is 12.8. The lowest BCUT2D eigenvalue weighted by Crippen LogP contribution is -2.50. The number of fused-ring (bicyclic) bond motifs is 1. The number of anilines is 2. The molecule has 194 valence electrons. The molecule has 1 saturated carbocycles. The van der Waals surface area contributed by atoms with Crippen molar-refractivity contribution in [1.82, 2.24) is 14.9 Å². The third-order valence-corrected chi connectivity index (χ3v) is 7.71. The molecule has 1 atom stereocenters. The van der Waals surface area contributed by atoms with E-state index < -0.39 is 5.41 Å². The molecular formula is C29H31N7O2. The van der Waals surface area contributed by atoms with Gasteiger partial charge in [-0.05, 0) is 56.9 Å². The molecule has 2 aliphatic rings. The van der Waals surface area contributed by atoms with E-state index in [1.165, 1.54) is 0 Å². The molecule has 0 spiro atoms. The van der Waals surface area contributed by atoms with Gasteiger partial charge in [0.15, 0.2) is 0 Å². The highest BCUT2D eigenvalue weighted by Gasteiger charge is 2.52. The Morgan fingerprint density at radius 2 is 1.87 bits per heavy atom. The third kappa shape index (κ3) is 4.45. The molecule has 9 heteroatoms. The van der Waals surface area contributed by atoms with Gasteiger partial charge in [0.1, 0.15) is 22.8 Å². The van der Waals surface area contributed by atoms with Crippen molar-refractivity contribution in [2.24, 2.45) is 5.41 Å². The summed E-state index contributed by atoms with van der Waals surface area (Å²) in [4.78, 5) is 26.2. The summed E-state index contributed by atoms with van der Waals surface area (Å²) in [6, 6.07) is 14.1. The number of hydrogen-bond donors (Lipinski definition) is 1. The first-order chi connectivity index (χ1) is 18.3. The van der Waals surface area contributed by atoms with E-state index in [4.69, 9.17) is 9.72 Å². The number of carbonyl (C=O) groups excluding carboxylic acids is 1. The van der Waals surface area contributed by atoms with E-state index in [2.05, 4.69) is 40.3 Å². The molecule has 0 radical (unpaired) electrons. The van der Waals surface area contributed by atoms with Gasteiger partial charge in [-0.15, -0.1) is 0 Å². The van der Waals surface area contributed by atoms with Crippen LogP contribution in [0.25, 0.3) is 10.9 Å². The highest BCUT2D eigenvalue weighted by molar-refractivity contribution is 5.94. The fourth-order valence-corrected chi connectivity index (χ4v) is 5.26. The van der Waals surface area contributed by atoms with Crippen LogP contribution >= 0.6 is 0 Å². The van der Waals surface area contributed by atoms with E-state index in [1.54, 1.807) is 7.11 Å². The lowest BCUT2D eigenvalue weighted by atomic mass is 9.98. The normalized spacial score (nSPS) is 16.9. The number of methoxy groups -OCH3 is 1. The van der Waals surface area contributed by atoms with Crippen LogP contribution in [0.15, 0.2) is 30.3 Å². The van der Waals surface area contributed by atoms with Crippen LogP contribution in [0.1, 0.15) is 48.3 Å². The fourth-order valence-electron chi connectivity index (χ4n) is 5.26. The fraction of sp³-hybridized carbons (Fsp3) is 0.414. The molecule has 38 heavy (non-hydrogen) atoms. The second-order valence-corrected chi connectivity index (χ2v) is 10.1. The van der Waals surface area contributed by atoms with Crippen LogP contribution in [-0.4, -0.2) is 54.1 Å². The average Bonchev–Trinajstić information content (AvgIpc) is 3.73. The molecule has 2 heterocycles. The van der Waals surface area contributed by atoms with Crippen LogP contribution in [0.2, 0.25) is 0 Å². The Labute approximate surface area is 222 Å². The van der Waals surface area contributed by atoms with Crippen molar-refractivity contribution in [3.8, 4) is 17.9 Å². The van der Waals surface area contributed by atoms with Crippen LogP contribution in [0, 0.1) is 41.9 Å². The van der Waals surface area contributed by atoms with Crippen LogP contribution in [0.5, 0.6) is 5.75 Å². The number of aryl methyl sites for hydroxylation is 1. The molecule has 1 N–H and O–H groups in total. The number of nitriles is 2. The Morgan fingerprint density at radius 1 is 1.13 bits per heavy atom. The molecule has 1 saturated heterocycles. The Hall–Kier alpha value is -4.37. The Bertz CT molecular complexity index is 1490. The SMILES string of the molecule is COc1cc2nc(C)nc(N[C@H](C)c3cccc(C#N)c3C)c2cc1N1CCN(C(=O)C2(C#N)CC2)CC1. The van der Waals surface area contributed by atoms with Gasteiger partial charge in [0, 0.05) is 37.6 Å². The summed E-state index contributed by atoms with van der Waals surface area (Å²) in [5.41, 5.74) is 3.54. The minimum absolute atomic E-state index is 0.0368. The molecule has 2 aromatic carbocycles. The minimum Gasteiger partial charge on any atom is -0.495 e. The van der Waals surface area contributed by atoms with Crippen LogP contribution < -0.4 is 15.0 Å². The monoisotopic (exact) mass is 509 g/mol. The van der Waals surface area contributed by atoms with Gasteiger partial charge in [0.25, 0.3) is 0 Å². The second-order valence-electron chi connectivity index (χ2n) is 10.1. The van der Waals surface area contributed by atoms with E-state index in [0.29, 0.717) is 62.0 Å². The van der Waals surface area contributed by atoms with Gasteiger partial charge in [0.05, 0.1) is 42.1 Å². The first kappa shape index (κ1) is 25.3. The predicted molar refractivity (Wildman–Crippen MR) is 145 cm³/mol. The molecular weight excluding hydrogens is 478 g/mol. The lowest BCUT2D eigenvalue weighted by molar-refractivity contribution is -0.135. The van der Waals surface area contributed by atoms with Crippen LogP contribution in [-0.2, 0) is 4.79 Å². The van der Waals surface area contributed by atoms with E-state index in [9.17, 15) is 15.3 Å². The molecule has 1 aliphatic heterocycles. The summed E-state index contributed by atoms with van der Waals surface area (Å²) in [5.74, 6) is 2.03. The molecule has 0 unspecified atom stereocenters. The maximum Gasteiger partial charge on any atom is 0.243 e. The van der Waals surface area contributed by atoms with E-state index >= 15 is 0 Å². The molecule has 1 amide bonds. The molecule has 3 aromatic rings. The molecule has 2 fully saturated rings. The van der Waals surface area contributed by atoms with Crippen molar-refractivity contribution in [2.75, 3.05) is 43.5 Å². The third-order valence-electron chi connectivity index (χ3n) is 7.71. The lowest BCUT2D eigenvalue weighted by Gasteiger charge is -2.37. The van der Waals surface area contributed by atoms with E-state index in [-0.39, 0.29) is 11.9 Å². The summed E-state index contributed by atoms with van der Waals surface area (Å²) >= 11 is 0. The van der Waals surface area contributed by atoms with Gasteiger partial charge in [-0.2, -0.15) is 10.5 Å². The van der Waals surface area contributed by atoms with Crippen molar-refractivity contribution in [3.63, 3.8) is 0 Å². The van der Waals surface area contributed by atoms with Crippen molar-refractivity contribution in [2.45, 2.75) is 39.7 Å². The number of amides is 1. The summed E-state index contributed by atoms with van der Waals surface area (Å²) in [6.07, 6.45) is 1.32. The predicted octanol–water partition coefficient (Wildman–Crippen LogP) is 4.25.